The maximum Gasteiger partial charge on any atom is 0.220 e. The first-order valence-electron chi connectivity index (χ1n) is 11.7. The van der Waals surface area contributed by atoms with Gasteiger partial charge in [0, 0.05) is 30.0 Å². The van der Waals surface area contributed by atoms with E-state index in [4.69, 9.17) is 0 Å². The summed E-state index contributed by atoms with van der Waals surface area (Å²) >= 11 is 1.69. The highest BCUT2D eigenvalue weighted by atomic mass is 32.1. The van der Waals surface area contributed by atoms with E-state index >= 15 is 0 Å². The zero-order valence-electron chi connectivity index (χ0n) is 18.9. The van der Waals surface area contributed by atoms with Crippen LogP contribution in [0, 0.1) is 6.92 Å². The van der Waals surface area contributed by atoms with Crippen molar-refractivity contribution in [2.24, 2.45) is 0 Å². The van der Waals surface area contributed by atoms with Crippen molar-refractivity contribution in [2.75, 3.05) is 38.0 Å². The lowest BCUT2D eigenvalue weighted by Gasteiger charge is -2.14. The Hall–Kier alpha value is -2.51. The van der Waals surface area contributed by atoms with Crippen LogP contribution in [-0.4, -0.2) is 53.5 Å². The minimum absolute atomic E-state index is 0.136. The number of hydrogen-bond donors (Lipinski definition) is 2. The van der Waals surface area contributed by atoms with Crippen LogP contribution in [0.5, 0.6) is 0 Å². The molecule has 1 amide bonds. The Morgan fingerprint density at radius 3 is 2.69 bits per heavy atom. The highest BCUT2D eigenvalue weighted by molar-refractivity contribution is 7.19. The molecule has 1 aliphatic heterocycles. The third-order valence-electron chi connectivity index (χ3n) is 6.02. The Balaban J connectivity index is 1.23. The number of carbonyl (C=O) groups is 1. The van der Waals surface area contributed by atoms with Gasteiger partial charge in [-0.3, -0.25) is 4.79 Å². The summed E-state index contributed by atoms with van der Waals surface area (Å²) in [5.74, 6) is 0.984. The Morgan fingerprint density at radius 2 is 1.88 bits per heavy atom. The molecule has 6 nitrogen and oxygen atoms in total. The van der Waals surface area contributed by atoms with Gasteiger partial charge in [0.25, 0.3) is 0 Å². The fourth-order valence-electron chi connectivity index (χ4n) is 4.37. The van der Waals surface area contributed by atoms with Crippen LogP contribution in [-0.2, 0) is 4.79 Å². The highest BCUT2D eigenvalue weighted by Crippen LogP contribution is 2.40. The molecule has 170 valence electrons. The topological polar surface area (TPSA) is 70.1 Å². The third-order valence-corrected chi connectivity index (χ3v) is 7.04. The first kappa shape index (κ1) is 22.7. The molecule has 2 aromatic heterocycles. The van der Waals surface area contributed by atoms with Gasteiger partial charge in [0.2, 0.25) is 5.91 Å². The molecule has 3 heterocycles. The molecule has 0 bridgehead atoms. The molecule has 2 N–H and O–H groups in total. The molecule has 0 radical (unpaired) electrons. The van der Waals surface area contributed by atoms with Crippen LogP contribution in [0.1, 0.15) is 43.4 Å². The molecule has 4 rings (SSSR count). The van der Waals surface area contributed by atoms with Gasteiger partial charge < -0.3 is 15.5 Å². The van der Waals surface area contributed by atoms with Crippen LogP contribution in [0.3, 0.4) is 0 Å². The molecule has 3 aromatic rings. The molecule has 0 spiro atoms. The first-order valence-corrected chi connectivity index (χ1v) is 12.6. The van der Waals surface area contributed by atoms with Gasteiger partial charge >= 0.3 is 0 Å². The number of aryl methyl sites for hydroxylation is 1. The number of rotatable bonds is 11. The van der Waals surface area contributed by atoms with E-state index in [-0.39, 0.29) is 5.91 Å². The number of benzene rings is 1. The number of hydrogen-bond acceptors (Lipinski definition) is 6. The summed E-state index contributed by atoms with van der Waals surface area (Å²) in [6.07, 6.45) is 7.81. The number of thiophene rings is 1. The van der Waals surface area contributed by atoms with E-state index in [0.29, 0.717) is 13.0 Å². The zero-order chi connectivity index (χ0) is 22.2. The zero-order valence-corrected chi connectivity index (χ0v) is 19.7. The first-order chi connectivity index (χ1) is 15.7. The molecule has 32 heavy (non-hydrogen) atoms. The summed E-state index contributed by atoms with van der Waals surface area (Å²) in [7, 11) is 0. The van der Waals surface area contributed by atoms with Gasteiger partial charge in [-0.05, 0) is 64.2 Å². The smallest absolute Gasteiger partial charge is 0.220 e. The van der Waals surface area contributed by atoms with Crippen molar-refractivity contribution in [2.45, 2.75) is 45.4 Å². The Morgan fingerprint density at radius 1 is 1.06 bits per heavy atom. The van der Waals surface area contributed by atoms with Crippen molar-refractivity contribution in [1.82, 2.24) is 20.2 Å². The van der Waals surface area contributed by atoms with Crippen molar-refractivity contribution >= 4 is 33.3 Å². The fourth-order valence-corrected chi connectivity index (χ4v) is 5.38. The number of nitrogens with one attached hydrogen (secondary N) is 2. The van der Waals surface area contributed by atoms with Crippen LogP contribution in [0.2, 0.25) is 0 Å². The Labute approximate surface area is 194 Å². The molecular weight excluding hydrogens is 418 g/mol. The number of likely N-dealkylation sites (tertiary alicyclic amines) is 1. The van der Waals surface area contributed by atoms with Gasteiger partial charge in [-0.15, -0.1) is 11.3 Å². The van der Waals surface area contributed by atoms with E-state index in [1.165, 1.54) is 48.5 Å². The minimum Gasteiger partial charge on any atom is -0.369 e. The second-order valence-corrected chi connectivity index (χ2v) is 9.64. The van der Waals surface area contributed by atoms with Crippen LogP contribution in [0.25, 0.3) is 21.3 Å². The number of carbonyl (C=O) groups excluding carboxylic acids is 1. The lowest BCUT2D eigenvalue weighted by molar-refractivity contribution is -0.121. The average molecular weight is 452 g/mol. The largest absolute Gasteiger partial charge is 0.369 e. The summed E-state index contributed by atoms with van der Waals surface area (Å²) in [5, 5.41) is 7.58. The maximum absolute atomic E-state index is 12.2. The summed E-state index contributed by atoms with van der Waals surface area (Å²) < 4.78 is 0. The van der Waals surface area contributed by atoms with E-state index < -0.39 is 0 Å². The Kier molecular flexibility index (Phi) is 8.07. The van der Waals surface area contributed by atoms with Crippen molar-refractivity contribution in [3.05, 3.63) is 41.5 Å². The van der Waals surface area contributed by atoms with E-state index in [2.05, 4.69) is 56.7 Å². The quantitative estimate of drug-likeness (QED) is 0.408. The number of amides is 1. The van der Waals surface area contributed by atoms with Gasteiger partial charge in [0.1, 0.15) is 17.0 Å². The average Bonchev–Trinajstić information content (AvgIpc) is 3.44. The van der Waals surface area contributed by atoms with E-state index in [0.717, 1.165) is 41.8 Å². The number of anilines is 1. The van der Waals surface area contributed by atoms with Crippen molar-refractivity contribution in [1.29, 1.82) is 0 Å². The van der Waals surface area contributed by atoms with Gasteiger partial charge in [0.05, 0.1) is 5.39 Å². The fraction of sp³-hybridized carbons (Fsp3) is 0.480. The molecule has 0 atom stereocenters. The molecule has 1 aliphatic rings. The lowest BCUT2D eigenvalue weighted by atomic mass is 10.0. The predicted octanol–water partition coefficient (Wildman–Crippen LogP) is 4.85. The molecule has 0 saturated carbocycles. The number of aromatic nitrogens is 2. The molecule has 7 heteroatoms. The lowest BCUT2D eigenvalue weighted by Crippen LogP contribution is -2.26. The van der Waals surface area contributed by atoms with E-state index in [9.17, 15) is 4.79 Å². The summed E-state index contributed by atoms with van der Waals surface area (Å²) in [6.45, 7) is 7.28. The minimum atomic E-state index is 0.136. The molecule has 0 aliphatic carbocycles. The summed E-state index contributed by atoms with van der Waals surface area (Å²) in [5.41, 5.74) is 2.37. The van der Waals surface area contributed by atoms with Crippen molar-refractivity contribution in [3.8, 4) is 11.1 Å². The van der Waals surface area contributed by atoms with Crippen molar-refractivity contribution in [3.63, 3.8) is 0 Å². The van der Waals surface area contributed by atoms with E-state index in [1.54, 1.807) is 17.7 Å². The van der Waals surface area contributed by atoms with Gasteiger partial charge in [-0.25, -0.2) is 9.97 Å². The van der Waals surface area contributed by atoms with Crippen LogP contribution in [0.15, 0.2) is 36.7 Å². The number of nitrogens with zero attached hydrogens (tertiary/aromatic N) is 3. The van der Waals surface area contributed by atoms with Gasteiger partial charge in [-0.1, -0.05) is 30.3 Å². The SMILES string of the molecule is Cc1sc2ncnc(NCCCC(=O)NCCCCN3CCCC3)c2c1-c1ccccc1. The summed E-state index contributed by atoms with van der Waals surface area (Å²) in [4.78, 5) is 25.9. The normalized spacial score (nSPS) is 14.2. The second kappa shape index (κ2) is 11.4. The molecule has 0 unspecified atom stereocenters. The molecule has 1 saturated heterocycles. The predicted molar refractivity (Wildman–Crippen MR) is 133 cm³/mol. The van der Waals surface area contributed by atoms with Crippen LogP contribution >= 0.6 is 11.3 Å². The van der Waals surface area contributed by atoms with Gasteiger partial charge in [-0.2, -0.15) is 0 Å². The van der Waals surface area contributed by atoms with Crippen LogP contribution < -0.4 is 10.6 Å². The number of unbranched alkanes of at least 4 members (excludes halogenated alkanes) is 1. The number of fused-ring (bicyclic) bond motifs is 1. The highest BCUT2D eigenvalue weighted by Gasteiger charge is 2.16. The Bertz CT molecular complexity index is 1010. The van der Waals surface area contributed by atoms with Gasteiger partial charge in [0.15, 0.2) is 0 Å². The second-order valence-electron chi connectivity index (χ2n) is 8.44. The monoisotopic (exact) mass is 451 g/mol. The molecule has 1 aromatic carbocycles. The summed E-state index contributed by atoms with van der Waals surface area (Å²) in [6, 6.07) is 10.4. The molecular formula is C25H33N5OS. The molecule has 1 fully saturated rings. The van der Waals surface area contributed by atoms with Crippen LogP contribution in [0.4, 0.5) is 5.82 Å². The third kappa shape index (κ3) is 5.84. The van der Waals surface area contributed by atoms with E-state index in [1.807, 2.05) is 6.07 Å². The van der Waals surface area contributed by atoms with Crippen molar-refractivity contribution < 1.29 is 4.79 Å². The standard InChI is InChI=1S/C25H33N5OS/c1-19-22(20-10-3-2-4-11-20)23-24(28-18-29-25(23)32-19)27-14-9-12-21(31)26-13-5-6-15-30-16-7-8-17-30/h2-4,10-11,18H,5-9,12-17H2,1H3,(H,26,31)(H,27,28,29). The maximum atomic E-state index is 12.2.